The average Bonchev–Trinajstić information content (AvgIpc) is 2.42. The second kappa shape index (κ2) is 8.48. The van der Waals surface area contributed by atoms with Gasteiger partial charge in [-0.3, -0.25) is 4.79 Å². The van der Waals surface area contributed by atoms with Gasteiger partial charge in [0.05, 0.1) is 0 Å². The molecule has 0 aromatic heterocycles. The molecule has 1 amide bonds. The van der Waals surface area contributed by atoms with Crippen LogP contribution in [0.3, 0.4) is 0 Å². The van der Waals surface area contributed by atoms with Gasteiger partial charge in [-0.1, -0.05) is 20.3 Å². The zero-order valence-electron chi connectivity index (χ0n) is 12.1. The second-order valence-corrected chi connectivity index (χ2v) is 4.99. The smallest absolute Gasteiger partial charge is 0.248 e. The standard InChI is InChI=1S/C14H28N2O2/c1-4-8-15-13-7-9-16(10-12(13)5-2)14(17)11-18-6-3/h12-13,15H,4-11H2,1-3H3. The zero-order valence-corrected chi connectivity index (χ0v) is 12.1. The molecule has 18 heavy (non-hydrogen) atoms. The van der Waals surface area contributed by atoms with Gasteiger partial charge in [0.1, 0.15) is 6.61 Å². The monoisotopic (exact) mass is 256 g/mol. The van der Waals surface area contributed by atoms with Gasteiger partial charge in [-0.2, -0.15) is 0 Å². The predicted octanol–water partition coefficient (Wildman–Crippen LogP) is 1.65. The van der Waals surface area contributed by atoms with Crippen molar-refractivity contribution in [3.05, 3.63) is 0 Å². The lowest BCUT2D eigenvalue weighted by Gasteiger charge is -2.38. The number of likely N-dealkylation sites (tertiary alicyclic amines) is 1. The van der Waals surface area contributed by atoms with Crippen molar-refractivity contribution < 1.29 is 9.53 Å². The normalized spacial score (nSPS) is 24.3. The molecule has 1 N–H and O–H groups in total. The Morgan fingerprint density at radius 1 is 1.39 bits per heavy atom. The van der Waals surface area contributed by atoms with Crippen LogP contribution in [0.1, 0.15) is 40.0 Å². The van der Waals surface area contributed by atoms with E-state index in [0.29, 0.717) is 18.6 Å². The first-order valence-electron chi connectivity index (χ1n) is 7.31. The number of rotatable bonds is 7. The molecule has 2 unspecified atom stereocenters. The van der Waals surface area contributed by atoms with Gasteiger partial charge in [0.25, 0.3) is 0 Å². The maximum atomic E-state index is 11.9. The summed E-state index contributed by atoms with van der Waals surface area (Å²) in [5.41, 5.74) is 0. The lowest BCUT2D eigenvalue weighted by Crippen LogP contribution is -2.51. The summed E-state index contributed by atoms with van der Waals surface area (Å²) in [7, 11) is 0. The first-order valence-corrected chi connectivity index (χ1v) is 7.31. The Labute approximate surface area is 111 Å². The molecule has 106 valence electrons. The van der Waals surface area contributed by atoms with E-state index in [1.807, 2.05) is 11.8 Å². The number of nitrogens with one attached hydrogen (secondary N) is 1. The summed E-state index contributed by atoms with van der Waals surface area (Å²) < 4.78 is 5.20. The summed E-state index contributed by atoms with van der Waals surface area (Å²) in [6.07, 6.45) is 3.36. The molecule has 2 atom stereocenters. The van der Waals surface area contributed by atoms with E-state index in [-0.39, 0.29) is 12.5 Å². The number of piperidine rings is 1. The summed E-state index contributed by atoms with van der Waals surface area (Å²) in [5, 5.41) is 3.61. The molecular weight excluding hydrogens is 228 g/mol. The van der Waals surface area contributed by atoms with Crippen molar-refractivity contribution in [3.8, 4) is 0 Å². The Kier molecular flexibility index (Phi) is 7.28. The van der Waals surface area contributed by atoms with Gasteiger partial charge < -0.3 is 15.0 Å². The van der Waals surface area contributed by atoms with Gasteiger partial charge in [0.2, 0.25) is 5.91 Å². The van der Waals surface area contributed by atoms with Crippen molar-refractivity contribution in [2.24, 2.45) is 5.92 Å². The SMILES string of the molecule is CCCNC1CCN(C(=O)COCC)CC1CC. The first-order chi connectivity index (χ1) is 8.72. The van der Waals surface area contributed by atoms with E-state index in [1.165, 1.54) is 6.42 Å². The molecule has 1 rings (SSSR count). The minimum absolute atomic E-state index is 0.143. The van der Waals surface area contributed by atoms with Crippen LogP contribution < -0.4 is 5.32 Å². The summed E-state index contributed by atoms with van der Waals surface area (Å²) in [6, 6.07) is 0.575. The highest BCUT2D eigenvalue weighted by Gasteiger charge is 2.29. The van der Waals surface area contributed by atoms with Crippen LogP contribution in [0.25, 0.3) is 0 Å². The topological polar surface area (TPSA) is 41.6 Å². The van der Waals surface area contributed by atoms with Gasteiger partial charge in [-0.05, 0) is 32.2 Å². The van der Waals surface area contributed by atoms with Crippen LogP contribution in [0.15, 0.2) is 0 Å². The Hall–Kier alpha value is -0.610. The highest BCUT2D eigenvalue weighted by atomic mass is 16.5. The summed E-state index contributed by atoms with van der Waals surface area (Å²) >= 11 is 0. The minimum Gasteiger partial charge on any atom is -0.372 e. The van der Waals surface area contributed by atoms with Crippen molar-refractivity contribution in [2.75, 3.05) is 32.8 Å². The number of amides is 1. The van der Waals surface area contributed by atoms with E-state index in [1.54, 1.807) is 0 Å². The van der Waals surface area contributed by atoms with E-state index in [2.05, 4.69) is 19.2 Å². The maximum Gasteiger partial charge on any atom is 0.248 e. The van der Waals surface area contributed by atoms with Gasteiger partial charge in [0.15, 0.2) is 0 Å². The molecule has 1 heterocycles. The summed E-state index contributed by atoms with van der Waals surface area (Å²) in [4.78, 5) is 13.9. The van der Waals surface area contributed by atoms with E-state index in [4.69, 9.17) is 4.74 Å². The highest BCUT2D eigenvalue weighted by Crippen LogP contribution is 2.20. The highest BCUT2D eigenvalue weighted by molar-refractivity contribution is 5.77. The number of ether oxygens (including phenoxy) is 1. The molecule has 0 aromatic rings. The van der Waals surface area contributed by atoms with E-state index < -0.39 is 0 Å². The van der Waals surface area contributed by atoms with Crippen LogP contribution in [0, 0.1) is 5.92 Å². The lowest BCUT2D eigenvalue weighted by atomic mass is 9.89. The van der Waals surface area contributed by atoms with Gasteiger partial charge in [0, 0.05) is 25.7 Å². The fraction of sp³-hybridized carbons (Fsp3) is 0.929. The van der Waals surface area contributed by atoms with Crippen LogP contribution in [0.2, 0.25) is 0 Å². The molecule has 4 nitrogen and oxygen atoms in total. The Morgan fingerprint density at radius 2 is 2.17 bits per heavy atom. The Morgan fingerprint density at radius 3 is 2.78 bits per heavy atom. The number of hydrogen-bond acceptors (Lipinski definition) is 3. The van der Waals surface area contributed by atoms with Gasteiger partial charge in [-0.25, -0.2) is 0 Å². The Balaban J connectivity index is 2.42. The van der Waals surface area contributed by atoms with Gasteiger partial charge >= 0.3 is 0 Å². The third kappa shape index (κ3) is 4.58. The van der Waals surface area contributed by atoms with Crippen LogP contribution in [0.5, 0.6) is 0 Å². The molecule has 1 aliphatic rings. The van der Waals surface area contributed by atoms with E-state index in [0.717, 1.165) is 32.5 Å². The molecule has 0 radical (unpaired) electrons. The van der Waals surface area contributed by atoms with Crippen molar-refractivity contribution in [1.29, 1.82) is 0 Å². The number of carbonyl (C=O) groups is 1. The fourth-order valence-corrected chi connectivity index (χ4v) is 2.55. The van der Waals surface area contributed by atoms with Gasteiger partial charge in [-0.15, -0.1) is 0 Å². The number of carbonyl (C=O) groups excluding carboxylic acids is 1. The van der Waals surface area contributed by atoms with Crippen LogP contribution in [-0.2, 0) is 9.53 Å². The quantitative estimate of drug-likeness (QED) is 0.753. The first kappa shape index (κ1) is 15.4. The van der Waals surface area contributed by atoms with Crippen molar-refractivity contribution in [3.63, 3.8) is 0 Å². The van der Waals surface area contributed by atoms with Crippen LogP contribution >= 0.6 is 0 Å². The third-order valence-corrected chi connectivity index (χ3v) is 3.70. The molecule has 0 saturated carbocycles. The van der Waals surface area contributed by atoms with Crippen molar-refractivity contribution in [2.45, 2.75) is 46.1 Å². The molecule has 0 bridgehead atoms. The minimum atomic E-state index is 0.143. The molecule has 1 saturated heterocycles. The second-order valence-electron chi connectivity index (χ2n) is 4.99. The predicted molar refractivity (Wildman–Crippen MR) is 73.6 cm³/mol. The number of hydrogen-bond donors (Lipinski definition) is 1. The third-order valence-electron chi connectivity index (χ3n) is 3.70. The molecular formula is C14H28N2O2. The van der Waals surface area contributed by atoms with Crippen LogP contribution in [0.4, 0.5) is 0 Å². The van der Waals surface area contributed by atoms with Crippen LogP contribution in [-0.4, -0.2) is 49.7 Å². The Bertz CT molecular complexity index is 246. The maximum absolute atomic E-state index is 11.9. The summed E-state index contributed by atoms with van der Waals surface area (Å²) in [5.74, 6) is 0.722. The lowest BCUT2D eigenvalue weighted by molar-refractivity contribution is -0.138. The molecule has 0 aromatic carbocycles. The molecule has 1 fully saturated rings. The molecule has 4 heteroatoms. The summed E-state index contributed by atoms with van der Waals surface area (Å²) in [6.45, 7) is 9.98. The number of nitrogens with zero attached hydrogens (tertiary/aromatic N) is 1. The molecule has 1 aliphatic heterocycles. The van der Waals surface area contributed by atoms with Crippen molar-refractivity contribution in [1.82, 2.24) is 10.2 Å². The van der Waals surface area contributed by atoms with E-state index in [9.17, 15) is 4.79 Å². The average molecular weight is 256 g/mol. The van der Waals surface area contributed by atoms with Crippen molar-refractivity contribution >= 4 is 5.91 Å². The largest absolute Gasteiger partial charge is 0.372 e. The zero-order chi connectivity index (χ0) is 13.4. The fourth-order valence-electron chi connectivity index (χ4n) is 2.55. The van der Waals surface area contributed by atoms with E-state index >= 15 is 0 Å². The molecule has 0 aliphatic carbocycles. The molecule has 0 spiro atoms.